The van der Waals surface area contributed by atoms with Crippen molar-refractivity contribution in [2.45, 2.75) is 47.0 Å². The van der Waals surface area contributed by atoms with Gasteiger partial charge >= 0.3 is 5.97 Å². The molecule has 1 amide bonds. The number of hydrogen-bond acceptors (Lipinski definition) is 3. The van der Waals surface area contributed by atoms with E-state index >= 15 is 0 Å². The van der Waals surface area contributed by atoms with Crippen molar-refractivity contribution >= 4 is 11.9 Å². The minimum Gasteiger partial charge on any atom is -0.466 e. The molecule has 1 aromatic carbocycles. The summed E-state index contributed by atoms with van der Waals surface area (Å²) in [4.78, 5) is 27.3. The molecule has 1 aliphatic rings. The number of nitrogens with zero attached hydrogens (tertiary/aromatic N) is 1. The molecular formula is C20H28FNO3. The molecule has 4 nitrogen and oxygen atoms in total. The first-order valence-corrected chi connectivity index (χ1v) is 8.89. The maximum absolute atomic E-state index is 13.2. The summed E-state index contributed by atoms with van der Waals surface area (Å²) in [5, 5.41) is 0. The highest BCUT2D eigenvalue weighted by Crippen LogP contribution is 2.37. The monoisotopic (exact) mass is 349 g/mol. The van der Waals surface area contributed by atoms with E-state index < -0.39 is 10.8 Å². The van der Waals surface area contributed by atoms with Gasteiger partial charge in [-0.2, -0.15) is 0 Å². The summed E-state index contributed by atoms with van der Waals surface area (Å²) < 4.78 is 18.5. The van der Waals surface area contributed by atoms with Crippen LogP contribution in [0.15, 0.2) is 24.3 Å². The van der Waals surface area contributed by atoms with Crippen molar-refractivity contribution < 1.29 is 18.7 Å². The molecule has 0 saturated carbocycles. The summed E-state index contributed by atoms with van der Waals surface area (Å²) in [7, 11) is 0. The van der Waals surface area contributed by atoms with E-state index in [-0.39, 0.29) is 17.7 Å². The molecule has 1 fully saturated rings. The molecule has 0 N–H and O–H groups in total. The number of benzene rings is 1. The maximum atomic E-state index is 13.2. The zero-order chi connectivity index (χ0) is 18.7. The Morgan fingerprint density at radius 3 is 2.44 bits per heavy atom. The molecular weight excluding hydrogens is 321 g/mol. The van der Waals surface area contributed by atoms with Crippen molar-refractivity contribution in [2.75, 3.05) is 19.7 Å². The first kappa shape index (κ1) is 19.4. The van der Waals surface area contributed by atoms with E-state index in [9.17, 15) is 14.0 Å². The number of rotatable bonds is 4. The number of piperidine rings is 1. The van der Waals surface area contributed by atoms with E-state index in [1.54, 1.807) is 24.0 Å². The van der Waals surface area contributed by atoms with Crippen LogP contribution < -0.4 is 0 Å². The number of likely N-dealkylation sites (tertiary alicyclic amines) is 1. The topological polar surface area (TPSA) is 46.6 Å². The number of hydrogen-bond donors (Lipinski definition) is 0. The van der Waals surface area contributed by atoms with Crippen LogP contribution in [-0.4, -0.2) is 36.5 Å². The average Bonchev–Trinajstić information content (AvgIpc) is 2.56. The van der Waals surface area contributed by atoms with Gasteiger partial charge in [-0.25, -0.2) is 4.39 Å². The molecule has 5 heteroatoms. The normalized spacial score (nSPS) is 21.1. The Kier molecular flexibility index (Phi) is 5.86. The molecule has 25 heavy (non-hydrogen) atoms. The molecule has 1 atom stereocenters. The van der Waals surface area contributed by atoms with Gasteiger partial charge in [-0.15, -0.1) is 0 Å². The van der Waals surface area contributed by atoms with Gasteiger partial charge in [0, 0.05) is 18.5 Å². The van der Waals surface area contributed by atoms with Crippen LogP contribution in [0.3, 0.4) is 0 Å². The lowest BCUT2D eigenvalue weighted by Crippen LogP contribution is -2.53. The third-order valence-electron chi connectivity index (χ3n) is 4.67. The van der Waals surface area contributed by atoms with Crippen molar-refractivity contribution in [2.24, 2.45) is 10.8 Å². The molecule has 0 spiro atoms. The predicted molar refractivity (Wildman–Crippen MR) is 94.4 cm³/mol. The number of ether oxygens (including phenoxy) is 1. The lowest BCUT2D eigenvalue weighted by molar-refractivity contribution is -0.162. The van der Waals surface area contributed by atoms with Crippen molar-refractivity contribution in [3.05, 3.63) is 35.6 Å². The second-order valence-electron chi connectivity index (χ2n) is 7.88. The maximum Gasteiger partial charge on any atom is 0.314 e. The highest BCUT2D eigenvalue weighted by atomic mass is 19.1. The van der Waals surface area contributed by atoms with Gasteiger partial charge in [0.1, 0.15) is 5.82 Å². The Hall–Kier alpha value is -1.91. The second-order valence-corrected chi connectivity index (χ2v) is 7.88. The Balaban J connectivity index is 2.29. The third-order valence-corrected chi connectivity index (χ3v) is 4.67. The highest BCUT2D eigenvalue weighted by molar-refractivity contribution is 5.84. The molecule has 1 unspecified atom stereocenters. The molecule has 1 aromatic rings. The smallest absolute Gasteiger partial charge is 0.314 e. The SMILES string of the molecule is CCOC(=O)C1(Cc2ccc(F)cc2)CCCN(C(=O)C(C)(C)C)C1. The molecule has 0 bridgehead atoms. The molecule has 2 rings (SSSR count). The van der Waals surface area contributed by atoms with Crippen LogP contribution >= 0.6 is 0 Å². The number of carbonyl (C=O) groups excluding carboxylic acids is 2. The van der Waals surface area contributed by atoms with Crippen LogP contribution in [0, 0.1) is 16.6 Å². The first-order chi connectivity index (χ1) is 11.7. The molecule has 0 aromatic heterocycles. The predicted octanol–water partition coefficient (Wildman–Crippen LogP) is 3.59. The highest BCUT2D eigenvalue weighted by Gasteiger charge is 2.46. The van der Waals surface area contributed by atoms with Gasteiger partial charge < -0.3 is 9.64 Å². The summed E-state index contributed by atoms with van der Waals surface area (Å²) >= 11 is 0. The van der Waals surface area contributed by atoms with Crippen LogP contribution in [0.5, 0.6) is 0 Å². The summed E-state index contributed by atoms with van der Waals surface area (Å²) in [6, 6.07) is 6.19. The first-order valence-electron chi connectivity index (χ1n) is 8.89. The van der Waals surface area contributed by atoms with Gasteiger partial charge in [0.05, 0.1) is 12.0 Å². The number of carbonyl (C=O) groups is 2. The van der Waals surface area contributed by atoms with Gasteiger partial charge in [0.25, 0.3) is 0 Å². The zero-order valence-electron chi connectivity index (χ0n) is 15.6. The lowest BCUT2D eigenvalue weighted by atomic mass is 9.74. The quantitative estimate of drug-likeness (QED) is 0.781. The van der Waals surface area contributed by atoms with Crippen LogP contribution in [0.25, 0.3) is 0 Å². The number of esters is 1. The van der Waals surface area contributed by atoms with Gasteiger partial charge in [-0.3, -0.25) is 9.59 Å². The van der Waals surface area contributed by atoms with Crippen LogP contribution in [-0.2, 0) is 20.7 Å². The van der Waals surface area contributed by atoms with E-state index in [0.717, 1.165) is 12.0 Å². The Bertz CT molecular complexity index is 621. The summed E-state index contributed by atoms with van der Waals surface area (Å²) in [5.74, 6) is -0.534. The second kappa shape index (κ2) is 7.54. The fraction of sp³-hybridized carbons (Fsp3) is 0.600. The molecule has 0 aliphatic carbocycles. The summed E-state index contributed by atoms with van der Waals surface area (Å²) in [6.07, 6.45) is 1.86. The van der Waals surface area contributed by atoms with E-state index in [4.69, 9.17) is 4.74 Å². The molecule has 138 valence electrons. The fourth-order valence-electron chi connectivity index (χ4n) is 3.44. The minimum atomic E-state index is -0.771. The average molecular weight is 349 g/mol. The number of amides is 1. The van der Waals surface area contributed by atoms with Gasteiger partial charge in [0.15, 0.2) is 0 Å². The fourth-order valence-corrected chi connectivity index (χ4v) is 3.44. The molecule has 1 aliphatic heterocycles. The van der Waals surface area contributed by atoms with Crippen LogP contribution in [0.1, 0.15) is 46.1 Å². The van der Waals surface area contributed by atoms with Crippen LogP contribution in [0.2, 0.25) is 0 Å². The van der Waals surface area contributed by atoms with Crippen molar-refractivity contribution in [3.8, 4) is 0 Å². The summed E-state index contributed by atoms with van der Waals surface area (Å²) in [5.41, 5.74) is -0.389. The minimum absolute atomic E-state index is 0.0416. The Labute approximate surface area is 149 Å². The summed E-state index contributed by atoms with van der Waals surface area (Å²) in [6.45, 7) is 8.74. The number of halogens is 1. The molecule has 0 radical (unpaired) electrons. The zero-order valence-corrected chi connectivity index (χ0v) is 15.6. The van der Waals surface area contributed by atoms with Crippen molar-refractivity contribution in [1.29, 1.82) is 0 Å². The largest absolute Gasteiger partial charge is 0.466 e. The van der Waals surface area contributed by atoms with E-state index in [0.29, 0.717) is 32.5 Å². The van der Waals surface area contributed by atoms with E-state index in [1.165, 1.54) is 12.1 Å². The van der Waals surface area contributed by atoms with Gasteiger partial charge in [0.2, 0.25) is 5.91 Å². The third kappa shape index (κ3) is 4.59. The van der Waals surface area contributed by atoms with Gasteiger partial charge in [-0.1, -0.05) is 32.9 Å². The van der Waals surface area contributed by atoms with E-state index in [1.807, 2.05) is 20.8 Å². The Morgan fingerprint density at radius 2 is 1.88 bits per heavy atom. The lowest BCUT2D eigenvalue weighted by Gasteiger charge is -2.43. The molecule has 1 heterocycles. The van der Waals surface area contributed by atoms with Crippen molar-refractivity contribution in [1.82, 2.24) is 4.90 Å². The molecule has 1 saturated heterocycles. The van der Waals surface area contributed by atoms with Crippen molar-refractivity contribution in [3.63, 3.8) is 0 Å². The van der Waals surface area contributed by atoms with Gasteiger partial charge in [-0.05, 0) is 43.9 Å². The Morgan fingerprint density at radius 1 is 1.24 bits per heavy atom. The van der Waals surface area contributed by atoms with Crippen LogP contribution in [0.4, 0.5) is 4.39 Å². The standard InChI is InChI=1S/C20H28FNO3/c1-5-25-18(24)20(13-15-7-9-16(21)10-8-15)11-6-12-22(14-20)17(23)19(2,3)4/h7-10H,5-6,11-14H2,1-4H3. The van der Waals surface area contributed by atoms with E-state index in [2.05, 4.69) is 0 Å².